The minimum Gasteiger partial charge on any atom is -0.480 e. The number of carbonyl (C=O) groups excluding carboxylic acids is 3. The van der Waals surface area contributed by atoms with Crippen molar-refractivity contribution in [1.29, 1.82) is 0 Å². The van der Waals surface area contributed by atoms with Crippen LogP contribution in [-0.4, -0.2) is 87.2 Å². The first-order valence-electron chi connectivity index (χ1n) is 10.9. The third-order valence-electron chi connectivity index (χ3n) is 4.96. The monoisotopic (exact) mass is 517 g/mol. The Morgan fingerprint density at radius 2 is 1.74 bits per heavy atom. The predicted octanol–water partition coefficient (Wildman–Crippen LogP) is -1.37. The van der Waals surface area contributed by atoms with Crippen molar-refractivity contribution in [1.82, 2.24) is 25.9 Å². The Hall–Kier alpha value is -2.29. The summed E-state index contributed by atoms with van der Waals surface area (Å²) in [7, 11) is 0. The first-order chi connectivity index (χ1) is 16.2. The van der Waals surface area contributed by atoms with Gasteiger partial charge < -0.3 is 37.5 Å². The molecule has 4 atom stereocenters. The van der Waals surface area contributed by atoms with Gasteiger partial charge in [0.25, 0.3) is 0 Å². The van der Waals surface area contributed by atoms with Crippen LogP contribution in [0.4, 0.5) is 0 Å². The van der Waals surface area contributed by atoms with E-state index in [2.05, 4.69) is 38.5 Å². The van der Waals surface area contributed by atoms with Gasteiger partial charge in [0.1, 0.15) is 18.1 Å². The zero-order chi connectivity index (χ0) is 25.5. The van der Waals surface area contributed by atoms with Crippen LogP contribution >= 0.6 is 24.4 Å². The van der Waals surface area contributed by atoms with E-state index in [-0.39, 0.29) is 12.2 Å². The first-order valence-corrected chi connectivity index (χ1v) is 12.9. The number of carboxylic acid groups (broad SMARTS) is 1. The van der Waals surface area contributed by atoms with Gasteiger partial charge in [-0.1, -0.05) is 6.42 Å². The van der Waals surface area contributed by atoms with Crippen molar-refractivity contribution in [3.63, 3.8) is 0 Å². The molecule has 0 saturated heterocycles. The fourth-order valence-corrected chi connectivity index (χ4v) is 3.71. The van der Waals surface area contributed by atoms with Crippen molar-refractivity contribution < 1.29 is 24.3 Å². The number of amides is 3. The molecule has 1 heterocycles. The van der Waals surface area contributed by atoms with E-state index in [4.69, 9.17) is 11.5 Å². The summed E-state index contributed by atoms with van der Waals surface area (Å²) in [5.74, 6) is -2.47. The molecule has 0 fully saturated rings. The highest BCUT2D eigenvalue weighted by atomic mass is 32.2. The number of carbonyl (C=O) groups is 4. The maximum atomic E-state index is 12.9. The van der Waals surface area contributed by atoms with Crippen LogP contribution < -0.4 is 27.4 Å². The maximum Gasteiger partial charge on any atom is 0.326 e. The summed E-state index contributed by atoms with van der Waals surface area (Å²) in [5, 5.41) is 17.1. The van der Waals surface area contributed by atoms with E-state index < -0.39 is 47.9 Å². The Morgan fingerprint density at radius 3 is 2.29 bits per heavy atom. The van der Waals surface area contributed by atoms with Gasteiger partial charge in [0.05, 0.1) is 12.4 Å². The number of unbranched alkanes of at least 4 members (excludes halogenated alkanes) is 1. The molecule has 0 aliphatic heterocycles. The number of nitrogens with two attached hydrogens (primary N) is 2. The van der Waals surface area contributed by atoms with Gasteiger partial charge in [-0.25, -0.2) is 9.78 Å². The highest BCUT2D eigenvalue weighted by Gasteiger charge is 2.29. The van der Waals surface area contributed by atoms with Crippen molar-refractivity contribution >= 4 is 48.1 Å². The molecule has 9 N–H and O–H groups in total. The number of carboxylic acids is 1. The van der Waals surface area contributed by atoms with E-state index in [0.717, 1.165) is 6.42 Å². The van der Waals surface area contributed by atoms with Crippen LogP contribution in [0.1, 0.15) is 31.4 Å². The van der Waals surface area contributed by atoms with Gasteiger partial charge in [0, 0.05) is 24.1 Å². The minimum atomic E-state index is -1.24. The molecule has 4 unspecified atom stereocenters. The number of rotatable bonds is 17. The summed E-state index contributed by atoms with van der Waals surface area (Å²) >= 11 is 5.62. The second kappa shape index (κ2) is 16.4. The van der Waals surface area contributed by atoms with Crippen LogP contribution in [0.3, 0.4) is 0 Å². The summed E-state index contributed by atoms with van der Waals surface area (Å²) in [6.07, 6.45) is 6.92. The molecule has 0 aliphatic carbocycles. The summed E-state index contributed by atoms with van der Waals surface area (Å²) in [6, 6.07) is -4.02. The van der Waals surface area contributed by atoms with Gasteiger partial charge in [-0.3, -0.25) is 14.4 Å². The molecule has 1 rings (SSSR count). The zero-order valence-corrected chi connectivity index (χ0v) is 20.9. The van der Waals surface area contributed by atoms with Gasteiger partial charge in [-0.2, -0.15) is 24.4 Å². The lowest BCUT2D eigenvalue weighted by molar-refractivity contribution is -0.142. The number of aliphatic carboxylic acids is 1. The highest BCUT2D eigenvalue weighted by molar-refractivity contribution is 7.98. The minimum absolute atomic E-state index is 0.0111. The van der Waals surface area contributed by atoms with Crippen LogP contribution in [-0.2, 0) is 25.6 Å². The fraction of sp³-hybridized carbons (Fsp3) is 0.650. The van der Waals surface area contributed by atoms with E-state index in [9.17, 15) is 24.3 Å². The molecule has 34 heavy (non-hydrogen) atoms. The number of hydrogen-bond acceptors (Lipinski definition) is 9. The number of aromatic nitrogens is 2. The van der Waals surface area contributed by atoms with Gasteiger partial charge in [-0.15, -0.1) is 0 Å². The molecule has 14 heteroatoms. The Balaban J connectivity index is 2.77. The average molecular weight is 518 g/mol. The number of thioether (sulfide) groups is 1. The van der Waals surface area contributed by atoms with E-state index >= 15 is 0 Å². The molecule has 12 nitrogen and oxygen atoms in total. The van der Waals surface area contributed by atoms with E-state index in [0.29, 0.717) is 37.3 Å². The average Bonchev–Trinajstić information content (AvgIpc) is 3.32. The summed E-state index contributed by atoms with van der Waals surface area (Å²) in [4.78, 5) is 56.2. The SMILES string of the molecule is CSCCC(NC(=O)C(N)CCCCN)C(=O)NC(CS)C(=O)NC(Cc1cnc[nH]1)C(=O)O. The number of aromatic amines is 1. The largest absolute Gasteiger partial charge is 0.480 e. The molecule has 0 bridgehead atoms. The smallest absolute Gasteiger partial charge is 0.326 e. The summed E-state index contributed by atoms with van der Waals surface area (Å²) in [6.45, 7) is 0.505. The zero-order valence-electron chi connectivity index (χ0n) is 19.2. The molecule has 192 valence electrons. The Bertz CT molecular complexity index is 781. The molecule has 0 saturated carbocycles. The fourth-order valence-electron chi connectivity index (χ4n) is 2.98. The molecule has 0 spiro atoms. The Morgan fingerprint density at radius 1 is 1.09 bits per heavy atom. The number of imidazole rings is 1. The second-order valence-electron chi connectivity index (χ2n) is 7.66. The number of nitrogens with zero attached hydrogens (tertiary/aromatic N) is 1. The second-order valence-corrected chi connectivity index (χ2v) is 9.01. The van der Waals surface area contributed by atoms with Crippen molar-refractivity contribution in [2.75, 3.05) is 24.3 Å². The molecular weight excluding hydrogens is 482 g/mol. The summed E-state index contributed by atoms with van der Waals surface area (Å²) in [5.41, 5.74) is 11.9. The topological polar surface area (TPSA) is 205 Å². The van der Waals surface area contributed by atoms with Crippen LogP contribution in [0.25, 0.3) is 0 Å². The molecule has 3 amide bonds. The normalized spacial score (nSPS) is 14.5. The third kappa shape index (κ3) is 10.8. The number of nitrogens with one attached hydrogen (secondary N) is 4. The molecule has 0 aliphatic rings. The van der Waals surface area contributed by atoms with E-state index in [1.54, 1.807) is 0 Å². The predicted molar refractivity (Wildman–Crippen MR) is 133 cm³/mol. The van der Waals surface area contributed by atoms with Gasteiger partial charge in [0.2, 0.25) is 17.7 Å². The van der Waals surface area contributed by atoms with Crippen LogP contribution in [0.15, 0.2) is 12.5 Å². The lowest BCUT2D eigenvalue weighted by atomic mass is 10.1. The van der Waals surface area contributed by atoms with Crippen LogP contribution in [0.5, 0.6) is 0 Å². The van der Waals surface area contributed by atoms with E-state index in [1.165, 1.54) is 24.3 Å². The summed E-state index contributed by atoms with van der Waals surface area (Å²) < 4.78 is 0. The van der Waals surface area contributed by atoms with Crippen molar-refractivity contribution in [2.45, 2.75) is 56.3 Å². The quantitative estimate of drug-likeness (QED) is 0.0905. The van der Waals surface area contributed by atoms with Crippen molar-refractivity contribution in [2.24, 2.45) is 11.5 Å². The molecule has 0 aromatic carbocycles. The standard InChI is InChI=1S/C20H35N7O5S2/c1-34-7-5-14(25-17(28)13(22)4-2-3-6-21)18(29)27-16(10-33)19(30)26-15(20(31)32)8-12-9-23-11-24-12/h9,11,13-16,33H,2-8,10,21-22H2,1H3,(H,23,24)(H,25,28)(H,26,30)(H,27,29)(H,31,32). The number of H-pyrrole nitrogens is 1. The number of thiol groups is 1. The lowest BCUT2D eigenvalue weighted by Gasteiger charge is -2.24. The maximum absolute atomic E-state index is 12.9. The first kappa shape index (κ1) is 29.7. The van der Waals surface area contributed by atoms with Gasteiger partial charge >= 0.3 is 5.97 Å². The van der Waals surface area contributed by atoms with Crippen molar-refractivity contribution in [3.8, 4) is 0 Å². The van der Waals surface area contributed by atoms with Crippen LogP contribution in [0, 0.1) is 0 Å². The Labute approximate surface area is 208 Å². The van der Waals surface area contributed by atoms with Gasteiger partial charge in [-0.05, 0) is 37.8 Å². The van der Waals surface area contributed by atoms with E-state index in [1.807, 2.05) is 6.26 Å². The number of hydrogen-bond donors (Lipinski definition) is 8. The Kier molecular flexibility index (Phi) is 14.3. The molecule has 1 aromatic rings. The molecule has 0 radical (unpaired) electrons. The van der Waals surface area contributed by atoms with Crippen molar-refractivity contribution in [3.05, 3.63) is 18.2 Å². The molecular formula is C20H35N7O5S2. The lowest BCUT2D eigenvalue weighted by Crippen LogP contribution is -2.58. The molecule has 1 aromatic heterocycles. The third-order valence-corrected chi connectivity index (χ3v) is 5.97. The van der Waals surface area contributed by atoms with Crippen LogP contribution in [0.2, 0.25) is 0 Å². The van der Waals surface area contributed by atoms with Gasteiger partial charge in [0.15, 0.2) is 0 Å². The highest BCUT2D eigenvalue weighted by Crippen LogP contribution is 2.05.